The van der Waals surface area contributed by atoms with Gasteiger partial charge in [-0.3, -0.25) is 4.98 Å². The summed E-state index contributed by atoms with van der Waals surface area (Å²) in [4.78, 5) is 6.87. The van der Waals surface area contributed by atoms with E-state index in [9.17, 15) is 0 Å². The summed E-state index contributed by atoms with van der Waals surface area (Å²) in [5.41, 5.74) is 6.08. The lowest BCUT2D eigenvalue weighted by atomic mass is 9.97. The molecule has 0 saturated carbocycles. The zero-order chi connectivity index (χ0) is 21.1. The number of methoxy groups -OCH3 is 1. The molecule has 1 aliphatic heterocycles. The molecule has 30 heavy (non-hydrogen) atoms. The van der Waals surface area contributed by atoms with Crippen LogP contribution < -0.4 is 5.32 Å². The van der Waals surface area contributed by atoms with E-state index >= 15 is 0 Å². The summed E-state index contributed by atoms with van der Waals surface area (Å²) in [5, 5.41) is 4.26. The van der Waals surface area contributed by atoms with Crippen molar-refractivity contribution in [1.29, 1.82) is 0 Å². The van der Waals surface area contributed by atoms with Crippen molar-refractivity contribution in [3.63, 3.8) is 0 Å². The molecule has 0 amide bonds. The Morgan fingerprint density at radius 2 is 1.87 bits per heavy atom. The van der Waals surface area contributed by atoms with Crippen molar-refractivity contribution in [3.8, 4) is 0 Å². The number of thiocarbonyl (C=S) groups is 1. The van der Waals surface area contributed by atoms with E-state index in [-0.39, 0.29) is 12.1 Å². The third-order valence-corrected chi connectivity index (χ3v) is 6.20. The van der Waals surface area contributed by atoms with Crippen LogP contribution in [0.2, 0.25) is 0 Å². The highest BCUT2D eigenvalue weighted by atomic mass is 32.1. The zero-order valence-corrected chi connectivity index (χ0v) is 18.5. The number of nitrogens with one attached hydrogen (secondary N) is 1. The zero-order valence-electron chi connectivity index (χ0n) is 17.7. The molecule has 1 saturated heterocycles. The van der Waals surface area contributed by atoms with Gasteiger partial charge in [0.1, 0.15) is 0 Å². The molecular weight excluding hydrogens is 392 g/mol. The highest BCUT2D eigenvalue weighted by Crippen LogP contribution is 2.40. The van der Waals surface area contributed by atoms with Gasteiger partial charge >= 0.3 is 0 Å². The second-order valence-electron chi connectivity index (χ2n) is 7.71. The van der Waals surface area contributed by atoms with Crippen LogP contribution in [-0.2, 0) is 11.3 Å². The lowest BCUT2D eigenvalue weighted by Crippen LogP contribution is -2.32. The molecule has 6 heteroatoms. The van der Waals surface area contributed by atoms with Crippen molar-refractivity contribution >= 4 is 17.3 Å². The molecule has 4 rings (SSSR count). The monoisotopic (exact) mass is 420 g/mol. The molecule has 3 aromatic rings. The Morgan fingerprint density at radius 1 is 1.10 bits per heavy atom. The van der Waals surface area contributed by atoms with Crippen LogP contribution in [0.3, 0.4) is 0 Å². The van der Waals surface area contributed by atoms with E-state index in [2.05, 4.69) is 76.1 Å². The molecule has 0 aliphatic carbocycles. The number of ether oxygens (including phenoxy) is 1. The standard InChI is InChI=1S/C24H28N4OS/c1-17-15-20(18(2)28(17)16-19-9-5-4-6-10-19)23-22(21-11-7-8-12-25-21)26-24(30)27(23)13-14-29-3/h4-12,15,22-23H,13-14,16H2,1-3H3,(H,26,30)/t22-,23+/m0/s1. The fraction of sp³-hybridized carbons (Fsp3) is 0.333. The van der Waals surface area contributed by atoms with Crippen LogP contribution in [0.5, 0.6) is 0 Å². The van der Waals surface area contributed by atoms with E-state index in [1.165, 1.54) is 22.5 Å². The lowest BCUT2D eigenvalue weighted by molar-refractivity contribution is 0.164. The van der Waals surface area contributed by atoms with Crippen molar-refractivity contribution in [2.75, 3.05) is 20.3 Å². The first kappa shape index (κ1) is 20.6. The quantitative estimate of drug-likeness (QED) is 0.581. The number of pyridine rings is 1. The van der Waals surface area contributed by atoms with Gasteiger partial charge in [0.15, 0.2) is 5.11 Å². The van der Waals surface area contributed by atoms with Crippen LogP contribution >= 0.6 is 12.2 Å². The van der Waals surface area contributed by atoms with Crippen LogP contribution in [0.1, 0.15) is 40.3 Å². The van der Waals surface area contributed by atoms with Gasteiger partial charge in [0.2, 0.25) is 0 Å². The van der Waals surface area contributed by atoms with Gasteiger partial charge < -0.3 is 19.5 Å². The molecule has 1 aliphatic rings. The average Bonchev–Trinajstić information content (AvgIpc) is 3.24. The van der Waals surface area contributed by atoms with Crippen LogP contribution in [-0.4, -0.2) is 39.8 Å². The fourth-order valence-electron chi connectivity index (χ4n) is 4.31. The number of nitrogens with zero attached hydrogens (tertiary/aromatic N) is 3. The van der Waals surface area contributed by atoms with Crippen molar-refractivity contribution < 1.29 is 4.74 Å². The first-order valence-electron chi connectivity index (χ1n) is 10.3. The normalized spacial score (nSPS) is 18.6. The van der Waals surface area contributed by atoms with Crippen molar-refractivity contribution in [1.82, 2.24) is 19.8 Å². The predicted octanol–water partition coefficient (Wildman–Crippen LogP) is 4.17. The van der Waals surface area contributed by atoms with Crippen LogP contribution in [0.15, 0.2) is 60.8 Å². The van der Waals surface area contributed by atoms with Gasteiger partial charge in [-0.1, -0.05) is 36.4 Å². The highest BCUT2D eigenvalue weighted by molar-refractivity contribution is 7.80. The highest BCUT2D eigenvalue weighted by Gasteiger charge is 2.41. The molecule has 1 fully saturated rings. The molecule has 5 nitrogen and oxygen atoms in total. The third-order valence-electron chi connectivity index (χ3n) is 5.85. The van der Waals surface area contributed by atoms with Gasteiger partial charge in [0, 0.05) is 37.8 Å². The van der Waals surface area contributed by atoms with E-state index in [1.54, 1.807) is 7.11 Å². The van der Waals surface area contributed by atoms with Gasteiger partial charge in [0.25, 0.3) is 0 Å². The predicted molar refractivity (Wildman–Crippen MR) is 123 cm³/mol. The summed E-state index contributed by atoms with van der Waals surface area (Å²) in [5.74, 6) is 0. The Bertz CT molecular complexity index is 1000. The van der Waals surface area contributed by atoms with Gasteiger partial charge in [-0.15, -0.1) is 0 Å². The van der Waals surface area contributed by atoms with E-state index in [0.29, 0.717) is 6.61 Å². The number of aromatic nitrogens is 2. The lowest BCUT2D eigenvalue weighted by Gasteiger charge is -2.28. The average molecular weight is 421 g/mol. The molecule has 1 N–H and O–H groups in total. The number of aryl methyl sites for hydroxylation is 1. The summed E-state index contributed by atoms with van der Waals surface area (Å²) in [6.45, 7) is 6.59. The van der Waals surface area contributed by atoms with Crippen LogP contribution in [0.25, 0.3) is 0 Å². The van der Waals surface area contributed by atoms with Gasteiger partial charge in [-0.05, 0) is 55.4 Å². The molecule has 2 atom stereocenters. The Kier molecular flexibility index (Phi) is 6.16. The molecule has 0 spiro atoms. The minimum absolute atomic E-state index is 0.00114. The second-order valence-corrected chi connectivity index (χ2v) is 8.10. The minimum atomic E-state index is 0.00114. The number of rotatable bonds is 7. The third kappa shape index (κ3) is 3.98. The SMILES string of the molecule is COCCN1C(=S)N[C@@H](c2ccccn2)[C@H]1c1cc(C)n(Cc2ccccc2)c1C. The van der Waals surface area contributed by atoms with Crippen molar-refractivity contribution in [3.05, 3.63) is 89.0 Å². The molecule has 0 radical (unpaired) electrons. The molecule has 1 aromatic carbocycles. The van der Waals surface area contributed by atoms with E-state index < -0.39 is 0 Å². The van der Waals surface area contributed by atoms with Crippen LogP contribution in [0, 0.1) is 13.8 Å². The number of hydrogen-bond donors (Lipinski definition) is 1. The van der Waals surface area contributed by atoms with Gasteiger partial charge in [-0.25, -0.2) is 0 Å². The van der Waals surface area contributed by atoms with Gasteiger partial charge in [0.05, 0.1) is 24.4 Å². The molecule has 2 aromatic heterocycles. The Morgan fingerprint density at radius 3 is 2.57 bits per heavy atom. The number of benzene rings is 1. The minimum Gasteiger partial charge on any atom is -0.383 e. The van der Waals surface area contributed by atoms with Gasteiger partial charge in [-0.2, -0.15) is 0 Å². The maximum atomic E-state index is 5.72. The largest absolute Gasteiger partial charge is 0.383 e. The summed E-state index contributed by atoms with van der Waals surface area (Å²) in [7, 11) is 1.73. The Balaban J connectivity index is 1.74. The molecule has 0 unspecified atom stereocenters. The summed E-state index contributed by atoms with van der Waals surface area (Å²) >= 11 is 5.72. The first-order chi connectivity index (χ1) is 14.6. The fourth-order valence-corrected chi connectivity index (χ4v) is 4.64. The smallest absolute Gasteiger partial charge is 0.170 e. The maximum absolute atomic E-state index is 5.72. The summed E-state index contributed by atoms with van der Waals surface area (Å²) in [6, 6.07) is 19.0. The van der Waals surface area contributed by atoms with E-state index in [4.69, 9.17) is 17.0 Å². The van der Waals surface area contributed by atoms with E-state index in [0.717, 1.165) is 23.9 Å². The van der Waals surface area contributed by atoms with E-state index in [1.807, 2.05) is 18.3 Å². The Hall–Kier alpha value is -2.70. The number of hydrogen-bond acceptors (Lipinski definition) is 3. The van der Waals surface area contributed by atoms with Crippen LogP contribution in [0.4, 0.5) is 0 Å². The molecule has 0 bridgehead atoms. The first-order valence-corrected chi connectivity index (χ1v) is 10.7. The Labute approximate surface area is 183 Å². The summed E-state index contributed by atoms with van der Waals surface area (Å²) in [6.07, 6.45) is 1.84. The van der Waals surface area contributed by atoms with Crippen molar-refractivity contribution in [2.45, 2.75) is 32.5 Å². The topological polar surface area (TPSA) is 42.3 Å². The maximum Gasteiger partial charge on any atom is 0.170 e. The molecular formula is C24H28N4OS. The second kappa shape index (κ2) is 8.98. The summed E-state index contributed by atoms with van der Waals surface area (Å²) < 4.78 is 7.75. The molecule has 3 heterocycles. The molecule has 156 valence electrons. The van der Waals surface area contributed by atoms with Crippen molar-refractivity contribution in [2.24, 2.45) is 0 Å².